The Labute approximate surface area is 132 Å². The molecule has 120 valence electrons. The number of aryl methyl sites for hydroxylation is 1. The minimum atomic E-state index is -3.73. The molecule has 1 unspecified atom stereocenters. The van der Waals surface area contributed by atoms with E-state index in [1.165, 1.54) is 16.4 Å². The number of rotatable bonds is 4. The highest BCUT2D eigenvalue weighted by Gasteiger charge is 2.31. The van der Waals surface area contributed by atoms with E-state index < -0.39 is 15.8 Å². The minimum absolute atomic E-state index is 0. The number of benzene rings is 1. The van der Waals surface area contributed by atoms with E-state index in [0.717, 1.165) is 19.4 Å². The van der Waals surface area contributed by atoms with E-state index in [1.54, 1.807) is 13.0 Å². The maximum Gasteiger partial charge on any atom is 0.245 e. The average Bonchev–Trinajstić information content (AvgIpc) is 2.39. The second kappa shape index (κ2) is 7.54. The molecule has 1 aliphatic heterocycles. The number of hydrogen-bond acceptors (Lipinski definition) is 3. The van der Waals surface area contributed by atoms with E-state index in [1.807, 2.05) is 7.05 Å². The topological polar surface area (TPSA) is 49.4 Å². The van der Waals surface area contributed by atoms with Crippen LogP contribution < -0.4 is 5.32 Å². The number of nitrogens with zero attached hydrogens (tertiary/aromatic N) is 1. The normalized spacial score (nSPS) is 20.0. The highest BCUT2D eigenvalue weighted by molar-refractivity contribution is 7.89. The number of nitrogens with one attached hydrogen (secondary N) is 1. The van der Waals surface area contributed by atoms with E-state index in [0.29, 0.717) is 18.7 Å². The van der Waals surface area contributed by atoms with Crippen LogP contribution >= 0.6 is 12.4 Å². The summed E-state index contributed by atoms with van der Waals surface area (Å²) in [4.78, 5) is -0.215. The van der Waals surface area contributed by atoms with Crippen molar-refractivity contribution in [2.75, 3.05) is 26.7 Å². The van der Waals surface area contributed by atoms with Gasteiger partial charge in [-0.25, -0.2) is 12.8 Å². The van der Waals surface area contributed by atoms with Gasteiger partial charge in [0.1, 0.15) is 10.7 Å². The van der Waals surface area contributed by atoms with Crippen LogP contribution in [0.2, 0.25) is 0 Å². The van der Waals surface area contributed by atoms with Crippen LogP contribution in [0.1, 0.15) is 18.4 Å². The molecule has 2 rings (SSSR count). The van der Waals surface area contributed by atoms with Gasteiger partial charge < -0.3 is 5.32 Å². The molecule has 1 saturated heterocycles. The lowest BCUT2D eigenvalue weighted by Gasteiger charge is -2.31. The van der Waals surface area contributed by atoms with Gasteiger partial charge in [-0.1, -0.05) is 6.07 Å². The molecule has 1 fully saturated rings. The lowest BCUT2D eigenvalue weighted by atomic mass is 10.00. The molecule has 0 bridgehead atoms. The quantitative estimate of drug-likeness (QED) is 0.916. The van der Waals surface area contributed by atoms with Crippen molar-refractivity contribution in [3.8, 4) is 0 Å². The van der Waals surface area contributed by atoms with E-state index in [2.05, 4.69) is 5.32 Å². The molecule has 0 radical (unpaired) electrons. The fourth-order valence-electron chi connectivity index (χ4n) is 2.65. The van der Waals surface area contributed by atoms with Crippen LogP contribution in [0.25, 0.3) is 0 Å². The van der Waals surface area contributed by atoms with Crippen molar-refractivity contribution >= 4 is 22.4 Å². The van der Waals surface area contributed by atoms with Crippen molar-refractivity contribution in [1.29, 1.82) is 0 Å². The zero-order chi connectivity index (χ0) is 14.8. The molecule has 1 aromatic rings. The third-order valence-corrected chi connectivity index (χ3v) is 5.58. The summed E-state index contributed by atoms with van der Waals surface area (Å²) < 4.78 is 40.4. The third-order valence-electron chi connectivity index (χ3n) is 3.68. The monoisotopic (exact) mass is 336 g/mol. The SMILES string of the molecule is CNCC1CCCN(S(=O)(=O)c2ccc(C)cc2F)C1.Cl. The maximum atomic E-state index is 13.9. The Morgan fingerprint density at radius 3 is 2.76 bits per heavy atom. The Bertz CT molecular complexity index is 578. The Balaban J connectivity index is 0.00000220. The van der Waals surface area contributed by atoms with Crippen LogP contribution in [0.15, 0.2) is 23.1 Å². The maximum absolute atomic E-state index is 13.9. The second-order valence-electron chi connectivity index (χ2n) is 5.36. The second-order valence-corrected chi connectivity index (χ2v) is 7.27. The molecular formula is C14H22ClFN2O2S. The molecular weight excluding hydrogens is 315 g/mol. The number of piperidine rings is 1. The van der Waals surface area contributed by atoms with E-state index >= 15 is 0 Å². The summed E-state index contributed by atoms with van der Waals surface area (Å²) in [6, 6.07) is 4.26. The van der Waals surface area contributed by atoms with Gasteiger partial charge in [-0.15, -0.1) is 12.4 Å². The molecule has 7 heteroatoms. The van der Waals surface area contributed by atoms with Gasteiger partial charge in [-0.3, -0.25) is 0 Å². The fraction of sp³-hybridized carbons (Fsp3) is 0.571. The highest BCUT2D eigenvalue weighted by Crippen LogP contribution is 2.25. The smallest absolute Gasteiger partial charge is 0.245 e. The van der Waals surface area contributed by atoms with Crippen molar-refractivity contribution in [3.05, 3.63) is 29.6 Å². The van der Waals surface area contributed by atoms with Gasteiger partial charge in [0.25, 0.3) is 0 Å². The van der Waals surface area contributed by atoms with Gasteiger partial charge in [0, 0.05) is 13.1 Å². The third kappa shape index (κ3) is 4.16. The Kier molecular flexibility index (Phi) is 6.59. The first kappa shape index (κ1) is 18.4. The largest absolute Gasteiger partial charge is 0.319 e. The average molecular weight is 337 g/mol. The summed E-state index contributed by atoms with van der Waals surface area (Å²) in [7, 11) is -1.88. The lowest BCUT2D eigenvalue weighted by Crippen LogP contribution is -2.42. The highest BCUT2D eigenvalue weighted by atomic mass is 35.5. The van der Waals surface area contributed by atoms with Crippen molar-refractivity contribution in [2.45, 2.75) is 24.7 Å². The molecule has 21 heavy (non-hydrogen) atoms. The van der Waals surface area contributed by atoms with Crippen molar-refractivity contribution < 1.29 is 12.8 Å². The predicted molar refractivity (Wildman–Crippen MR) is 83.8 cm³/mol. The van der Waals surface area contributed by atoms with E-state index in [-0.39, 0.29) is 23.2 Å². The molecule has 0 aliphatic carbocycles. The van der Waals surface area contributed by atoms with Gasteiger partial charge in [0.2, 0.25) is 10.0 Å². The molecule has 4 nitrogen and oxygen atoms in total. The van der Waals surface area contributed by atoms with Crippen LogP contribution in [-0.4, -0.2) is 39.4 Å². The molecule has 1 aliphatic rings. The Hall–Kier alpha value is -0.690. The van der Waals surface area contributed by atoms with Crippen LogP contribution in [0.4, 0.5) is 4.39 Å². The summed E-state index contributed by atoms with van der Waals surface area (Å²) in [5.74, 6) is -0.377. The van der Waals surface area contributed by atoms with E-state index in [9.17, 15) is 12.8 Å². The number of hydrogen-bond donors (Lipinski definition) is 1. The first-order chi connectivity index (χ1) is 9.45. The molecule has 0 amide bonds. The van der Waals surface area contributed by atoms with Gasteiger partial charge >= 0.3 is 0 Å². The predicted octanol–water partition coefficient (Wildman–Crippen LogP) is 2.18. The first-order valence-corrected chi connectivity index (χ1v) is 8.30. The first-order valence-electron chi connectivity index (χ1n) is 6.86. The summed E-state index contributed by atoms with van der Waals surface area (Å²) >= 11 is 0. The summed E-state index contributed by atoms with van der Waals surface area (Å²) in [6.07, 6.45) is 1.82. The number of halogens is 2. The van der Waals surface area contributed by atoms with Gasteiger partial charge in [0.05, 0.1) is 0 Å². The van der Waals surface area contributed by atoms with Crippen LogP contribution in [0, 0.1) is 18.7 Å². The molecule has 1 aromatic carbocycles. The van der Waals surface area contributed by atoms with Crippen molar-refractivity contribution in [3.63, 3.8) is 0 Å². The van der Waals surface area contributed by atoms with Gasteiger partial charge in [-0.05, 0) is 57.0 Å². The Morgan fingerprint density at radius 2 is 2.14 bits per heavy atom. The van der Waals surface area contributed by atoms with Crippen LogP contribution in [0.3, 0.4) is 0 Å². The standard InChI is InChI=1S/C14H21FN2O2S.ClH/c1-11-5-6-14(13(15)8-11)20(18,19)17-7-3-4-12(10-17)9-16-2;/h5-6,8,12,16H,3-4,7,9-10H2,1-2H3;1H. The molecule has 0 saturated carbocycles. The Morgan fingerprint density at radius 1 is 1.43 bits per heavy atom. The van der Waals surface area contributed by atoms with Crippen molar-refractivity contribution in [1.82, 2.24) is 9.62 Å². The zero-order valence-electron chi connectivity index (χ0n) is 12.3. The summed E-state index contributed by atoms with van der Waals surface area (Å²) in [5.41, 5.74) is 0.716. The number of sulfonamides is 1. The molecule has 1 atom stereocenters. The van der Waals surface area contributed by atoms with Crippen molar-refractivity contribution in [2.24, 2.45) is 5.92 Å². The summed E-state index contributed by atoms with van der Waals surface area (Å²) in [6.45, 7) is 3.44. The lowest BCUT2D eigenvalue weighted by molar-refractivity contribution is 0.263. The fourth-order valence-corrected chi connectivity index (χ4v) is 4.25. The van der Waals surface area contributed by atoms with E-state index in [4.69, 9.17) is 0 Å². The van der Waals surface area contributed by atoms with Crippen LogP contribution in [-0.2, 0) is 10.0 Å². The van der Waals surface area contributed by atoms with Gasteiger partial charge in [-0.2, -0.15) is 4.31 Å². The molecule has 1 heterocycles. The molecule has 0 aromatic heterocycles. The zero-order valence-corrected chi connectivity index (χ0v) is 13.9. The molecule has 0 spiro atoms. The summed E-state index contributed by atoms with van der Waals surface area (Å²) in [5, 5.41) is 3.07. The van der Waals surface area contributed by atoms with Crippen LogP contribution in [0.5, 0.6) is 0 Å². The minimum Gasteiger partial charge on any atom is -0.319 e. The molecule has 1 N–H and O–H groups in total. The van der Waals surface area contributed by atoms with Gasteiger partial charge in [0.15, 0.2) is 0 Å².